The van der Waals surface area contributed by atoms with Gasteiger partial charge in [0.1, 0.15) is 0 Å². The SMILES string of the molecule is CC(C)S(=O)(=O)Nc1nc(C(=CC(N)=O)c2ccccc2)ccc1[N+](=O)[O-]. The highest BCUT2D eigenvalue weighted by Gasteiger charge is 2.24. The maximum absolute atomic E-state index is 12.1. The molecule has 3 N–H and O–H groups in total. The maximum atomic E-state index is 12.1. The minimum Gasteiger partial charge on any atom is -0.366 e. The van der Waals surface area contributed by atoms with Gasteiger partial charge < -0.3 is 5.73 Å². The zero-order chi connectivity index (χ0) is 20.2. The highest BCUT2D eigenvalue weighted by molar-refractivity contribution is 7.93. The first-order chi connectivity index (χ1) is 12.6. The van der Waals surface area contributed by atoms with Crippen LogP contribution in [0.5, 0.6) is 0 Å². The van der Waals surface area contributed by atoms with Gasteiger partial charge >= 0.3 is 5.69 Å². The molecule has 0 fully saturated rings. The van der Waals surface area contributed by atoms with Crippen molar-refractivity contribution in [2.75, 3.05) is 4.72 Å². The third-order valence-corrected chi connectivity index (χ3v) is 5.30. The normalized spacial score (nSPS) is 12.0. The van der Waals surface area contributed by atoms with E-state index >= 15 is 0 Å². The van der Waals surface area contributed by atoms with Crippen molar-refractivity contribution >= 4 is 33.0 Å². The minimum atomic E-state index is -3.87. The highest BCUT2D eigenvalue weighted by atomic mass is 32.2. The molecule has 10 heteroatoms. The van der Waals surface area contributed by atoms with Crippen LogP contribution in [-0.2, 0) is 14.8 Å². The number of nitrogens with zero attached hydrogens (tertiary/aromatic N) is 2. The van der Waals surface area contributed by atoms with Crippen molar-refractivity contribution < 1.29 is 18.1 Å². The number of hydrogen-bond donors (Lipinski definition) is 2. The number of pyridine rings is 1. The molecular weight excluding hydrogens is 372 g/mol. The standard InChI is InChI=1S/C17H18N4O5S/c1-11(2)27(25,26)20-17-15(21(23)24)9-8-14(19-17)13(10-16(18)22)12-6-4-3-5-7-12/h3-11H,1-2H3,(H2,18,22)(H,19,20). The van der Waals surface area contributed by atoms with Gasteiger partial charge in [-0.2, -0.15) is 0 Å². The van der Waals surface area contributed by atoms with Crippen molar-refractivity contribution in [2.24, 2.45) is 5.73 Å². The molecule has 0 saturated carbocycles. The van der Waals surface area contributed by atoms with Crippen LogP contribution in [0.15, 0.2) is 48.5 Å². The molecule has 2 aromatic rings. The van der Waals surface area contributed by atoms with E-state index < -0.39 is 37.6 Å². The predicted octanol–water partition coefficient (Wildman–Crippen LogP) is 2.06. The molecule has 0 atom stereocenters. The first-order valence-electron chi connectivity index (χ1n) is 7.86. The van der Waals surface area contributed by atoms with Gasteiger partial charge in [-0.25, -0.2) is 13.4 Å². The molecule has 9 nitrogen and oxygen atoms in total. The number of anilines is 1. The first-order valence-corrected chi connectivity index (χ1v) is 9.40. The highest BCUT2D eigenvalue weighted by Crippen LogP contribution is 2.29. The number of sulfonamides is 1. The van der Waals surface area contributed by atoms with Crippen molar-refractivity contribution in [1.82, 2.24) is 4.98 Å². The van der Waals surface area contributed by atoms with Gasteiger partial charge in [0.25, 0.3) is 0 Å². The molecule has 1 aromatic carbocycles. The summed E-state index contributed by atoms with van der Waals surface area (Å²) in [5.74, 6) is -1.17. The molecule has 27 heavy (non-hydrogen) atoms. The molecule has 0 saturated heterocycles. The third-order valence-electron chi connectivity index (χ3n) is 3.58. The van der Waals surface area contributed by atoms with Crippen molar-refractivity contribution in [1.29, 1.82) is 0 Å². The molecule has 1 heterocycles. The largest absolute Gasteiger partial charge is 0.366 e. The number of carbonyl (C=O) groups excluding carboxylic acids is 1. The molecule has 0 bridgehead atoms. The summed E-state index contributed by atoms with van der Waals surface area (Å²) < 4.78 is 26.4. The van der Waals surface area contributed by atoms with E-state index in [0.717, 1.165) is 12.1 Å². The Kier molecular flexibility index (Phi) is 5.91. The fourth-order valence-electron chi connectivity index (χ4n) is 2.14. The van der Waals surface area contributed by atoms with Crippen LogP contribution >= 0.6 is 0 Å². The molecule has 0 aliphatic carbocycles. The van der Waals surface area contributed by atoms with Gasteiger partial charge in [0.15, 0.2) is 0 Å². The Labute approximate surface area is 156 Å². The molecule has 0 aliphatic heterocycles. The van der Waals surface area contributed by atoms with Crippen LogP contribution in [0.1, 0.15) is 25.1 Å². The summed E-state index contributed by atoms with van der Waals surface area (Å²) in [6.07, 6.45) is 1.13. The van der Waals surface area contributed by atoms with Gasteiger partial charge in [0.05, 0.1) is 15.9 Å². The van der Waals surface area contributed by atoms with Gasteiger partial charge in [-0.1, -0.05) is 30.3 Å². The number of rotatable bonds is 7. The molecule has 0 unspecified atom stereocenters. The van der Waals surface area contributed by atoms with E-state index in [9.17, 15) is 23.3 Å². The van der Waals surface area contributed by atoms with E-state index in [1.165, 1.54) is 19.9 Å². The van der Waals surface area contributed by atoms with Crippen LogP contribution in [0.3, 0.4) is 0 Å². The van der Waals surface area contributed by atoms with E-state index in [1.807, 2.05) is 0 Å². The second kappa shape index (κ2) is 7.96. The Morgan fingerprint density at radius 1 is 1.22 bits per heavy atom. The van der Waals surface area contributed by atoms with Crippen LogP contribution in [0.25, 0.3) is 5.57 Å². The molecule has 1 aromatic heterocycles. The summed E-state index contributed by atoms with van der Waals surface area (Å²) in [5, 5.41) is 10.4. The van der Waals surface area contributed by atoms with Crippen LogP contribution in [-0.4, -0.2) is 29.5 Å². The average Bonchev–Trinajstić information content (AvgIpc) is 2.59. The van der Waals surface area contributed by atoms with Gasteiger partial charge in [-0.3, -0.25) is 19.6 Å². The smallest absolute Gasteiger partial charge is 0.312 e. The maximum Gasteiger partial charge on any atom is 0.312 e. The van der Waals surface area contributed by atoms with Crippen molar-refractivity contribution in [3.8, 4) is 0 Å². The van der Waals surface area contributed by atoms with E-state index in [0.29, 0.717) is 11.1 Å². The zero-order valence-electron chi connectivity index (χ0n) is 14.6. The molecule has 0 spiro atoms. The lowest BCUT2D eigenvalue weighted by atomic mass is 10.0. The Bertz CT molecular complexity index is 1000. The van der Waals surface area contributed by atoms with Crippen molar-refractivity contribution in [2.45, 2.75) is 19.1 Å². The summed E-state index contributed by atoms with van der Waals surface area (Å²) in [6.45, 7) is 2.86. The second-order valence-electron chi connectivity index (χ2n) is 5.84. The summed E-state index contributed by atoms with van der Waals surface area (Å²) in [5.41, 5.74) is 5.82. The zero-order valence-corrected chi connectivity index (χ0v) is 15.4. The van der Waals surface area contributed by atoms with E-state index in [1.54, 1.807) is 30.3 Å². The third kappa shape index (κ3) is 4.88. The van der Waals surface area contributed by atoms with Gasteiger partial charge in [-0.15, -0.1) is 0 Å². The summed E-state index contributed by atoms with van der Waals surface area (Å²) >= 11 is 0. The fraction of sp³-hybridized carbons (Fsp3) is 0.176. The quantitative estimate of drug-likeness (QED) is 0.420. The predicted molar refractivity (Wildman–Crippen MR) is 101 cm³/mol. The first kappa shape index (κ1) is 20.0. The second-order valence-corrected chi connectivity index (χ2v) is 8.08. The molecule has 0 radical (unpaired) electrons. The lowest BCUT2D eigenvalue weighted by Gasteiger charge is -2.13. The number of nitrogens with two attached hydrogens (primary N) is 1. The van der Waals surface area contributed by atoms with Crippen molar-refractivity contribution in [3.63, 3.8) is 0 Å². The fourth-order valence-corrected chi connectivity index (χ4v) is 2.80. The summed E-state index contributed by atoms with van der Waals surface area (Å²) in [7, 11) is -3.87. The molecular formula is C17H18N4O5S. The summed E-state index contributed by atoms with van der Waals surface area (Å²) in [4.78, 5) is 26.0. The van der Waals surface area contributed by atoms with Crippen molar-refractivity contribution in [3.05, 3.63) is 69.9 Å². The van der Waals surface area contributed by atoms with Gasteiger partial charge in [-0.05, 0) is 25.5 Å². The number of primary amides is 1. The number of nitrogens with one attached hydrogen (secondary N) is 1. The lowest BCUT2D eigenvalue weighted by Crippen LogP contribution is -2.23. The number of nitro groups is 1. The topological polar surface area (TPSA) is 145 Å². The number of benzene rings is 1. The molecule has 142 valence electrons. The Hall–Kier alpha value is -3.27. The Balaban J connectivity index is 2.65. The van der Waals surface area contributed by atoms with Gasteiger partial charge in [0, 0.05) is 17.7 Å². The number of hydrogen-bond acceptors (Lipinski definition) is 6. The number of aromatic nitrogens is 1. The monoisotopic (exact) mass is 390 g/mol. The molecule has 0 aliphatic rings. The summed E-state index contributed by atoms with van der Waals surface area (Å²) in [6, 6.07) is 11.1. The molecule has 2 rings (SSSR count). The Morgan fingerprint density at radius 3 is 2.37 bits per heavy atom. The number of carbonyl (C=O) groups is 1. The van der Waals surface area contributed by atoms with E-state index in [-0.39, 0.29) is 5.69 Å². The van der Waals surface area contributed by atoms with Gasteiger partial charge in [0.2, 0.25) is 21.7 Å². The van der Waals surface area contributed by atoms with Crippen LogP contribution in [0, 0.1) is 10.1 Å². The number of amides is 1. The van der Waals surface area contributed by atoms with Crippen LogP contribution < -0.4 is 10.5 Å². The minimum absolute atomic E-state index is 0.159. The average molecular weight is 390 g/mol. The Morgan fingerprint density at radius 2 is 1.85 bits per heavy atom. The van der Waals surface area contributed by atoms with Crippen LogP contribution in [0.4, 0.5) is 11.5 Å². The lowest BCUT2D eigenvalue weighted by molar-refractivity contribution is -0.384. The molecule has 1 amide bonds. The van der Waals surface area contributed by atoms with Crippen LogP contribution in [0.2, 0.25) is 0 Å². The van der Waals surface area contributed by atoms with E-state index in [2.05, 4.69) is 9.71 Å². The van der Waals surface area contributed by atoms with E-state index in [4.69, 9.17) is 5.73 Å².